The summed E-state index contributed by atoms with van der Waals surface area (Å²) in [7, 11) is 1.51. The van der Waals surface area contributed by atoms with Crippen LogP contribution in [0.3, 0.4) is 0 Å². The van der Waals surface area contributed by atoms with Gasteiger partial charge < -0.3 is 10.0 Å². The Hall–Kier alpha value is -2.41. The topological polar surface area (TPSA) is 107 Å². The van der Waals surface area contributed by atoms with Crippen molar-refractivity contribution in [3.63, 3.8) is 0 Å². The maximum Gasteiger partial charge on any atom is 0.307 e. The van der Waals surface area contributed by atoms with E-state index in [2.05, 4.69) is 0 Å². The van der Waals surface area contributed by atoms with Gasteiger partial charge >= 0.3 is 5.97 Å². The second kappa shape index (κ2) is 10.1. The van der Waals surface area contributed by atoms with Gasteiger partial charge in [-0.1, -0.05) is 43.2 Å². The Balaban J connectivity index is 2.04. The van der Waals surface area contributed by atoms with Gasteiger partial charge in [-0.05, 0) is 37.7 Å². The largest absolute Gasteiger partial charge is 0.481 e. The molecule has 1 aromatic carbocycles. The van der Waals surface area contributed by atoms with Crippen molar-refractivity contribution in [2.45, 2.75) is 51.0 Å². The molecule has 2 amide bonds. The Morgan fingerprint density at radius 2 is 1.78 bits per heavy atom. The maximum atomic E-state index is 12.9. The summed E-state index contributed by atoms with van der Waals surface area (Å²) < 4.78 is 0. The average Bonchev–Trinajstić information content (AvgIpc) is 2.70. The lowest BCUT2D eigenvalue weighted by Crippen LogP contribution is -2.50. The number of carboxylic acids is 1. The standard InChI is InChI=1S/C20H28N2O5/c1-22(19(24)15-11-5-6-12-16(15)20(25)26)17(18(23)21-27)13-7-10-14-8-3-2-4-9-14/h2-4,8-9,15-17,27H,5-7,10-13H2,1H3,(H,21,23)(H,25,26)/t15-,16+,17?/m0/s1. The van der Waals surface area contributed by atoms with Crippen molar-refractivity contribution in [2.24, 2.45) is 11.8 Å². The van der Waals surface area contributed by atoms with Crippen LogP contribution < -0.4 is 5.48 Å². The van der Waals surface area contributed by atoms with Gasteiger partial charge in [0.2, 0.25) is 5.91 Å². The molecule has 0 aliphatic heterocycles. The van der Waals surface area contributed by atoms with Crippen LogP contribution in [0.5, 0.6) is 0 Å². The summed E-state index contributed by atoms with van der Waals surface area (Å²) in [4.78, 5) is 37.8. The number of aliphatic carboxylic acids is 1. The Morgan fingerprint density at radius 1 is 1.15 bits per heavy atom. The highest BCUT2D eigenvalue weighted by Crippen LogP contribution is 2.32. The highest BCUT2D eigenvalue weighted by molar-refractivity contribution is 5.90. The number of amides is 2. The molecule has 1 unspecified atom stereocenters. The van der Waals surface area contributed by atoms with E-state index in [4.69, 9.17) is 5.21 Å². The van der Waals surface area contributed by atoms with Crippen molar-refractivity contribution < 1.29 is 24.7 Å². The van der Waals surface area contributed by atoms with Gasteiger partial charge in [0.05, 0.1) is 11.8 Å². The second-order valence-corrected chi connectivity index (χ2v) is 7.15. The van der Waals surface area contributed by atoms with E-state index in [1.54, 1.807) is 5.48 Å². The fourth-order valence-corrected chi connectivity index (χ4v) is 3.86. The number of hydrogen-bond acceptors (Lipinski definition) is 4. The summed E-state index contributed by atoms with van der Waals surface area (Å²) in [6.45, 7) is 0. The molecule has 0 heterocycles. The van der Waals surface area contributed by atoms with Crippen molar-refractivity contribution in [1.29, 1.82) is 0 Å². The number of carbonyl (C=O) groups is 3. The number of carboxylic acid groups (broad SMARTS) is 1. The lowest BCUT2D eigenvalue weighted by Gasteiger charge is -2.34. The van der Waals surface area contributed by atoms with Crippen molar-refractivity contribution >= 4 is 17.8 Å². The van der Waals surface area contributed by atoms with Crippen LogP contribution in [0.1, 0.15) is 44.1 Å². The van der Waals surface area contributed by atoms with E-state index in [0.29, 0.717) is 25.7 Å². The van der Waals surface area contributed by atoms with Crippen LogP contribution in [0.15, 0.2) is 30.3 Å². The van der Waals surface area contributed by atoms with Gasteiger partial charge in [-0.3, -0.25) is 19.6 Å². The first-order valence-electron chi connectivity index (χ1n) is 9.43. The number of nitrogens with zero attached hydrogens (tertiary/aromatic N) is 1. The van der Waals surface area contributed by atoms with Crippen molar-refractivity contribution in [2.75, 3.05) is 7.05 Å². The first kappa shape index (κ1) is 20.9. The molecule has 0 aromatic heterocycles. The Bertz CT molecular complexity index is 649. The zero-order valence-electron chi connectivity index (χ0n) is 15.6. The molecule has 148 valence electrons. The molecule has 0 spiro atoms. The van der Waals surface area contributed by atoms with Crippen LogP contribution in [0.4, 0.5) is 0 Å². The quantitative estimate of drug-likeness (QED) is 0.476. The van der Waals surface area contributed by atoms with Crippen LogP contribution >= 0.6 is 0 Å². The van der Waals surface area contributed by atoms with Gasteiger partial charge in [0.15, 0.2) is 0 Å². The summed E-state index contributed by atoms with van der Waals surface area (Å²) in [5.41, 5.74) is 2.77. The number of hydroxylamine groups is 1. The molecule has 0 saturated heterocycles. The monoisotopic (exact) mass is 376 g/mol. The number of likely N-dealkylation sites (N-methyl/N-ethyl adjacent to an activating group) is 1. The maximum absolute atomic E-state index is 12.9. The van der Waals surface area contributed by atoms with E-state index >= 15 is 0 Å². The Morgan fingerprint density at radius 3 is 2.37 bits per heavy atom. The Labute approximate surface area is 159 Å². The van der Waals surface area contributed by atoms with Gasteiger partial charge in [-0.2, -0.15) is 0 Å². The van der Waals surface area contributed by atoms with Crippen molar-refractivity contribution in [3.8, 4) is 0 Å². The average molecular weight is 376 g/mol. The number of nitrogens with one attached hydrogen (secondary N) is 1. The third-order valence-corrected chi connectivity index (χ3v) is 5.41. The van der Waals surface area contributed by atoms with Gasteiger partial charge in [-0.15, -0.1) is 0 Å². The SMILES string of the molecule is CN(C(=O)[C@H]1CCCC[C@H]1C(=O)O)C(CCCc1ccccc1)C(=O)NO. The van der Waals surface area contributed by atoms with E-state index in [1.165, 1.54) is 11.9 Å². The first-order valence-corrected chi connectivity index (χ1v) is 9.43. The molecule has 3 N–H and O–H groups in total. The van der Waals surface area contributed by atoms with Crippen LogP contribution in [0.25, 0.3) is 0 Å². The zero-order chi connectivity index (χ0) is 19.8. The minimum absolute atomic E-state index is 0.338. The predicted octanol–water partition coefficient (Wildman–Crippen LogP) is 2.23. The minimum atomic E-state index is -0.964. The molecule has 1 aromatic rings. The molecule has 7 heteroatoms. The molecule has 1 saturated carbocycles. The predicted molar refractivity (Wildman–Crippen MR) is 99.0 cm³/mol. The molecule has 0 bridgehead atoms. The van der Waals surface area contributed by atoms with E-state index < -0.39 is 29.8 Å². The smallest absolute Gasteiger partial charge is 0.307 e. The van der Waals surface area contributed by atoms with Crippen LogP contribution in [0, 0.1) is 11.8 Å². The van der Waals surface area contributed by atoms with Gasteiger partial charge in [0.25, 0.3) is 5.91 Å². The first-order chi connectivity index (χ1) is 13.0. The fourth-order valence-electron chi connectivity index (χ4n) is 3.86. The van der Waals surface area contributed by atoms with Crippen LogP contribution in [-0.2, 0) is 20.8 Å². The van der Waals surface area contributed by atoms with Crippen molar-refractivity contribution in [1.82, 2.24) is 10.4 Å². The molecule has 1 aliphatic carbocycles. The molecule has 2 rings (SSSR count). The van der Waals surface area contributed by atoms with E-state index in [9.17, 15) is 19.5 Å². The van der Waals surface area contributed by atoms with Gasteiger partial charge in [0, 0.05) is 7.05 Å². The van der Waals surface area contributed by atoms with Gasteiger partial charge in [-0.25, -0.2) is 5.48 Å². The molecule has 27 heavy (non-hydrogen) atoms. The third kappa shape index (κ3) is 5.53. The molecule has 1 aliphatic rings. The molecule has 0 radical (unpaired) electrons. The number of rotatable bonds is 8. The Kier molecular flexibility index (Phi) is 7.79. The highest BCUT2D eigenvalue weighted by atomic mass is 16.5. The summed E-state index contributed by atoms with van der Waals surface area (Å²) >= 11 is 0. The normalized spacial score (nSPS) is 20.5. The summed E-state index contributed by atoms with van der Waals surface area (Å²) in [5, 5.41) is 18.5. The van der Waals surface area contributed by atoms with Crippen LogP contribution in [0.2, 0.25) is 0 Å². The molecule has 7 nitrogen and oxygen atoms in total. The highest BCUT2D eigenvalue weighted by Gasteiger charge is 2.39. The number of carbonyl (C=O) groups excluding carboxylic acids is 2. The lowest BCUT2D eigenvalue weighted by molar-refractivity contribution is -0.154. The molecule has 1 fully saturated rings. The molecular formula is C20H28N2O5. The van der Waals surface area contributed by atoms with E-state index in [1.807, 2.05) is 30.3 Å². The zero-order valence-corrected chi connectivity index (χ0v) is 15.6. The summed E-state index contributed by atoms with van der Waals surface area (Å²) in [6.07, 6.45) is 4.38. The number of aryl methyl sites for hydroxylation is 1. The lowest BCUT2D eigenvalue weighted by atomic mass is 9.78. The number of benzene rings is 1. The number of hydrogen-bond donors (Lipinski definition) is 3. The summed E-state index contributed by atoms with van der Waals surface area (Å²) in [5.74, 6) is -3.29. The summed E-state index contributed by atoms with van der Waals surface area (Å²) in [6, 6.07) is 8.98. The minimum Gasteiger partial charge on any atom is -0.481 e. The van der Waals surface area contributed by atoms with Gasteiger partial charge in [0.1, 0.15) is 6.04 Å². The molecular weight excluding hydrogens is 348 g/mol. The third-order valence-electron chi connectivity index (χ3n) is 5.41. The van der Waals surface area contributed by atoms with E-state index in [-0.39, 0.29) is 5.91 Å². The van der Waals surface area contributed by atoms with Crippen molar-refractivity contribution in [3.05, 3.63) is 35.9 Å². The molecule has 3 atom stereocenters. The van der Waals surface area contributed by atoms with Crippen LogP contribution in [-0.4, -0.2) is 46.1 Å². The fraction of sp³-hybridized carbons (Fsp3) is 0.550. The second-order valence-electron chi connectivity index (χ2n) is 7.15. The van der Waals surface area contributed by atoms with E-state index in [0.717, 1.165) is 24.8 Å².